The molecule has 1 saturated heterocycles. The van der Waals surface area contributed by atoms with Gasteiger partial charge in [-0.25, -0.2) is 18.4 Å². The molecule has 0 spiro atoms. The number of anilines is 1. The third-order valence-corrected chi connectivity index (χ3v) is 6.14. The van der Waals surface area contributed by atoms with E-state index in [4.69, 9.17) is 5.14 Å². The number of hydrogen-bond donors (Lipinski definition) is 2. The van der Waals surface area contributed by atoms with E-state index in [2.05, 4.69) is 18.7 Å². The number of carboxylic acids is 1. The lowest BCUT2D eigenvalue weighted by molar-refractivity contribution is 0.0696. The fraction of sp³-hybridized carbons (Fsp3) is 0.350. The van der Waals surface area contributed by atoms with Gasteiger partial charge in [-0.05, 0) is 51.3 Å². The molecule has 0 aromatic heterocycles. The standard InChI is InChI=1S/C20H24N2O4S/c1-12-4-8-15(9-5-12)19-17(22-13(2)6-7-14(22)3)10-16(20(23)24)11-18(19)27(21,25)26/h4-5,8-11,13-14H,6-7H2,1-3H3,(H,23,24)(H2,21,25,26). The summed E-state index contributed by atoms with van der Waals surface area (Å²) < 4.78 is 24.7. The van der Waals surface area contributed by atoms with Gasteiger partial charge in [0.2, 0.25) is 10.0 Å². The van der Waals surface area contributed by atoms with Gasteiger partial charge in [-0.2, -0.15) is 0 Å². The van der Waals surface area contributed by atoms with Crippen molar-refractivity contribution >= 4 is 21.7 Å². The number of carbonyl (C=O) groups is 1. The van der Waals surface area contributed by atoms with E-state index in [1.165, 1.54) is 0 Å². The summed E-state index contributed by atoms with van der Waals surface area (Å²) in [7, 11) is -4.12. The van der Waals surface area contributed by atoms with Gasteiger partial charge in [0.1, 0.15) is 0 Å². The highest BCUT2D eigenvalue weighted by atomic mass is 32.2. The van der Waals surface area contributed by atoms with Crippen molar-refractivity contribution in [2.45, 2.75) is 50.6 Å². The van der Waals surface area contributed by atoms with Crippen LogP contribution in [0.3, 0.4) is 0 Å². The second kappa shape index (κ2) is 6.98. The third kappa shape index (κ3) is 3.70. The number of primary sulfonamides is 1. The average Bonchev–Trinajstić information content (AvgIpc) is 2.92. The van der Waals surface area contributed by atoms with Crippen LogP contribution < -0.4 is 10.0 Å². The number of nitrogens with zero attached hydrogens (tertiary/aromatic N) is 1. The first-order valence-corrected chi connectivity index (χ1v) is 10.4. The van der Waals surface area contributed by atoms with Crippen molar-refractivity contribution in [1.82, 2.24) is 0 Å². The molecule has 2 unspecified atom stereocenters. The fourth-order valence-electron chi connectivity index (χ4n) is 3.83. The minimum atomic E-state index is -4.12. The van der Waals surface area contributed by atoms with Gasteiger partial charge in [-0.3, -0.25) is 0 Å². The summed E-state index contributed by atoms with van der Waals surface area (Å²) in [6, 6.07) is 10.5. The van der Waals surface area contributed by atoms with Crippen molar-refractivity contribution in [3.63, 3.8) is 0 Å². The maximum absolute atomic E-state index is 12.4. The molecule has 0 bridgehead atoms. The van der Waals surface area contributed by atoms with E-state index < -0.39 is 16.0 Å². The minimum Gasteiger partial charge on any atom is -0.478 e. The van der Waals surface area contributed by atoms with Crippen LogP contribution in [-0.4, -0.2) is 31.6 Å². The number of sulfonamides is 1. The van der Waals surface area contributed by atoms with Crippen LogP contribution in [0.1, 0.15) is 42.6 Å². The Morgan fingerprint density at radius 2 is 1.67 bits per heavy atom. The van der Waals surface area contributed by atoms with E-state index in [0.717, 1.165) is 24.5 Å². The molecule has 1 aliphatic rings. The van der Waals surface area contributed by atoms with Gasteiger partial charge in [0.05, 0.1) is 10.5 Å². The molecule has 144 valence electrons. The summed E-state index contributed by atoms with van der Waals surface area (Å²) >= 11 is 0. The molecule has 0 saturated carbocycles. The molecule has 2 aromatic rings. The topological polar surface area (TPSA) is 101 Å². The first-order valence-electron chi connectivity index (χ1n) is 8.89. The maximum Gasteiger partial charge on any atom is 0.335 e. The molecule has 3 N–H and O–H groups in total. The molecule has 1 fully saturated rings. The first kappa shape index (κ1) is 19.4. The van der Waals surface area contributed by atoms with Crippen LogP contribution in [-0.2, 0) is 10.0 Å². The second-order valence-corrected chi connectivity index (χ2v) is 8.80. The van der Waals surface area contributed by atoms with Gasteiger partial charge in [-0.15, -0.1) is 0 Å². The third-order valence-electron chi connectivity index (χ3n) is 5.21. The van der Waals surface area contributed by atoms with E-state index in [-0.39, 0.29) is 22.5 Å². The number of aromatic carboxylic acids is 1. The number of nitrogens with two attached hydrogens (primary N) is 1. The Kier molecular flexibility index (Phi) is 5.01. The van der Waals surface area contributed by atoms with Gasteiger partial charge in [0, 0.05) is 23.3 Å². The SMILES string of the molecule is Cc1ccc(-c2c(N3C(C)CCC3C)cc(C(=O)O)cc2S(N)(=O)=O)cc1. The Balaban J connectivity index is 2.40. The molecule has 27 heavy (non-hydrogen) atoms. The largest absolute Gasteiger partial charge is 0.478 e. The Bertz CT molecular complexity index is 974. The van der Waals surface area contributed by atoms with E-state index in [1.807, 2.05) is 31.2 Å². The Hall–Kier alpha value is -2.38. The van der Waals surface area contributed by atoms with E-state index in [9.17, 15) is 18.3 Å². The molecular weight excluding hydrogens is 364 g/mol. The predicted molar refractivity (Wildman–Crippen MR) is 106 cm³/mol. The Morgan fingerprint density at radius 1 is 1.11 bits per heavy atom. The van der Waals surface area contributed by atoms with Crippen molar-refractivity contribution in [2.75, 3.05) is 4.90 Å². The van der Waals surface area contributed by atoms with Crippen LogP contribution in [0.15, 0.2) is 41.3 Å². The zero-order chi connectivity index (χ0) is 19.9. The number of hydrogen-bond acceptors (Lipinski definition) is 4. The van der Waals surface area contributed by atoms with Gasteiger partial charge in [0.15, 0.2) is 0 Å². The maximum atomic E-state index is 12.4. The monoisotopic (exact) mass is 388 g/mol. The summed E-state index contributed by atoms with van der Waals surface area (Å²) in [5.41, 5.74) is 2.71. The number of carboxylic acid groups (broad SMARTS) is 1. The van der Waals surface area contributed by atoms with Gasteiger partial charge >= 0.3 is 5.97 Å². The molecule has 0 radical (unpaired) electrons. The van der Waals surface area contributed by atoms with Crippen LogP contribution in [0.25, 0.3) is 11.1 Å². The molecule has 2 aromatic carbocycles. The number of benzene rings is 2. The van der Waals surface area contributed by atoms with Crippen LogP contribution in [0.4, 0.5) is 5.69 Å². The highest BCUT2D eigenvalue weighted by Crippen LogP contribution is 2.42. The normalized spacial score (nSPS) is 20.1. The first-order chi connectivity index (χ1) is 12.6. The summed E-state index contributed by atoms with van der Waals surface area (Å²) in [4.78, 5) is 13.6. The molecule has 1 aliphatic heterocycles. The zero-order valence-electron chi connectivity index (χ0n) is 15.6. The zero-order valence-corrected chi connectivity index (χ0v) is 16.5. The second-order valence-electron chi connectivity index (χ2n) is 7.27. The Morgan fingerprint density at radius 3 is 2.15 bits per heavy atom. The van der Waals surface area contributed by atoms with E-state index in [1.54, 1.807) is 6.07 Å². The summed E-state index contributed by atoms with van der Waals surface area (Å²) in [5.74, 6) is -1.18. The van der Waals surface area contributed by atoms with Gasteiger partial charge in [0.25, 0.3) is 0 Å². The predicted octanol–water partition coefficient (Wildman–Crippen LogP) is 3.38. The van der Waals surface area contributed by atoms with Crippen LogP contribution >= 0.6 is 0 Å². The molecule has 0 amide bonds. The van der Waals surface area contributed by atoms with Gasteiger partial charge < -0.3 is 10.0 Å². The van der Waals surface area contributed by atoms with Crippen molar-refractivity contribution in [3.05, 3.63) is 47.5 Å². The molecular formula is C20H24N2O4S. The van der Waals surface area contributed by atoms with Crippen LogP contribution in [0.5, 0.6) is 0 Å². The van der Waals surface area contributed by atoms with E-state index in [0.29, 0.717) is 16.8 Å². The van der Waals surface area contributed by atoms with Crippen molar-refractivity contribution in [3.8, 4) is 11.1 Å². The van der Waals surface area contributed by atoms with Crippen LogP contribution in [0, 0.1) is 6.92 Å². The lowest BCUT2D eigenvalue weighted by Gasteiger charge is -2.32. The van der Waals surface area contributed by atoms with Crippen molar-refractivity contribution in [2.24, 2.45) is 5.14 Å². The number of aryl methyl sites for hydroxylation is 1. The summed E-state index contributed by atoms with van der Waals surface area (Å²) in [6.07, 6.45) is 1.91. The highest BCUT2D eigenvalue weighted by Gasteiger charge is 2.32. The Labute approximate surface area is 159 Å². The quantitative estimate of drug-likeness (QED) is 0.836. The highest BCUT2D eigenvalue weighted by molar-refractivity contribution is 7.89. The molecule has 0 aliphatic carbocycles. The molecule has 3 rings (SSSR count). The average molecular weight is 388 g/mol. The number of rotatable bonds is 4. The lowest BCUT2D eigenvalue weighted by atomic mass is 9.98. The summed E-state index contributed by atoms with van der Waals surface area (Å²) in [6.45, 7) is 6.07. The van der Waals surface area contributed by atoms with Gasteiger partial charge in [-0.1, -0.05) is 29.8 Å². The molecule has 2 atom stereocenters. The molecule has 6 nitrogen and oxygen atoms in total. The van der Waals surface area contributed by atoms with Crippen molar-refractivity contribution in [1.29, 1.82) is 0 Å². The lowest BCUT2D eigenvalue weighted by Crippen LogP contribution is -2.33. The molecule has 7 heteroatoms. The molecule has 1 heterocycles. The van der Waals surface area contributed by atoms with Crippen LogP contribution in [0.2, 0.25) is 0 Å². The smallest absolute Gasteiger partial charge is 0.335 e. The minimum absolute atomic E-state index is 0.0869. The summed E-state index contributed by atoms with van der Waals surface area (Å²) in [5, 5.41) is 15.0. The van der Waals surface area contributed by atoms with Crippen molar-refractivity contribution < 1.29 is 18.3 Å². The fourth-order valence-corrected chi connectivity index (χ4v) is 4.63. The van der Waals surface area contributed by atoms with E-state index >= 15 is 0 Å².